The van der Waals surface area contributed by atoms with Crippen LogP contribution in [-0.2, 0) is 4.79 Å². The van der Waals surface area contributed by atoms with Crippen molar-refractivity contribution in [2.45, 2.75) is 32.5 Å². The van der Waals surface area contributed by atoms with Crippen LogP contribution in [0, 0.1) is 12.3 Å². The van der Waals surface area contributed by atoms with Gasteiger partial charge in [0.2, 0.25) is 5.91 Å². The van der Waals surface area contributed by atoms with Gasteiger partial charge in [0.15, 0.2) is 5.41 Å². The molecule has 6 heteroatoms. The zero-order chi connectivity index (χ0) is 15.7. The van der Waals surface area contributed by atoms with Crippen LogP contribution in [0.15, 0.2) is 24.3 Å². The van der Waals surface area contributed by atoms with Crippen molar-refractivity contribution in [1.29, 1.82) is 0 Å². The van der Waals surface area contributed by atoms with Gasteiger partial charge in [-0.3, -0.25) is 4.79 Å². The Balaban J connectivity index is 2.19. The molecule has 1 aliphatic rings. The van der Waals surface area contributed by atoms with Crippen molar-refractivity contribution in [2.75, 3.05) is 13.1 Å². The lowest BCUT2D eigenvalue weighted by Crippen LogP contribution is -2.52. The van der Waals surface area contributed by atoms with Crippen molar-refractivity contribution < 1.29 is 18.0 Å². The van der Waals surface area contributed by atoms with Crippen molar-refractivity contribution in [2.24, 2.45) is 5.41 Å². The highest BCUT2D eigenvalue weighted by Crippen LogP contribution is 2.43. The Kier molecular flexibility index (Phi) is 4.27. The third-order valence-electron chi connectivity index (χ3n) is 4.14. The van der Waals surface area contributed by atoms with E-state index in [1.807, 2.05) is 31.2 Å². The van der Waals surface area contributed by atoms with E-state index in [-0.39, 0.29) is 19.5 Å². The van der Waals surface area contributed by atoms with Crippen LogP contribution in [0.4, 0.5) is 13.2 Å². The fourth-order valence-corrected chi connectivity index (χ4v) is 2.74. The maximum atomic E-state index is 13.3. The van der Waals surface area contributed by atoms with Crippen molar-refractivity contribution in [3.05, 3.63) is 35.4 Å². The summed E-state index contributed by atoms with van der Waals surface area (Å²) in [7, 11) is 0. The average molecular weight is 300 g/mol. The molecule has 1 saturated heterocycles. The summed E-state index contributed by atoms with van der Waals surface area (Å²) in [5, 5.41) is 5.17. The van der Waals surface area contributed by atoms with Crippen molar-refractivity contribution in [1.82, 2.24) is 10.6 Å². The van der Waals surface area contributed by atoms with Crippen molar-refractivity contribution in [3.63, 3.8) is 0 Å². The smallest absolute Gasteiger partial charge is 0.349 e. The fraction of sp³-hybridized carbons (Fsp3) is 0.533. The molecule has 0 aromatic heterocycles. The highest BCUT2D eigenvalue weighted by atomic mass is 19.4. The maximum Gasteiger partial charge on any atom is 0.404 e. The second-order valence-corrected chi connectivity index (χ2v) is 5.56. The number of carbonyl (C=O) groups is 1. The quantitative estimate of drug-likeness (QED) is 0.901. The summed E-state index contributed by atoms with van der Waals surface area (Å²) in [5.41, 5.74) is -0.547. The summed E-state index contributed by atoms with van der Waals surface area (Å²) in [6, 6.07) is 6.88. The third-order valence-corrected chi connectivity index (χ3v) is 4.14. The van der Waals surface area contributed by atoms with Crippen molar-refractivity contribution in [3.8, 4) is 0 Å². The fourth-order valence-electron chi connectivity index (χ4n) is 2.74. The molecule has 3 nitrogen and oxygen atoms in total. The number of nitrogens with one attached hydrogen (secondary N) is 2. The van der Waals surface area contributed by atoms with E-state index in [1.54, 1.807) is 6.92 Å². The number of amides is 1. The molecule has 1 heterocycles. The number of alkyl halides is 3. The number of carbonyl (C=O) groups excluding carboxylic acids is 1. The molecular weight excluding hydrogens is 281 g/mol. The van der Waals surface area contributed by atoms with E-state index >= 15 is 0 Å². The van der Waals surface area contributed by atoms with Crippen LogP contribution in [0.25, 0.3) is 0 Å². The van der Waals surface area contributed by atoms with E-state index in [0.717, 1.165) is 11.1 Å². The first-order valence-corrected chi connectivity index (χ1v) is 6.92. The molecule has 1 unspecified atom stereocenters. The first-order chi connectivity index (χ1) is 9.78. The third kappa shape index (κ3) is 2.90. The Bertz CT molecular complexity index is 522. The van der Waals surface area contributed by atoms with Gasteiger partial charge in [-0.1, -0.05) is 24.3 Å². The van der Waals surface area contributed by atoms with Gasteiger partial charge in [-0.05, 0) is 37.9 Å². The average Bonchev–Trinajstić information content (AvgIpc) is 2.89. The zero-order valence-corrected chi connectivity index (χ0v) is 12.1. The van der Waals surface area contributed by atoms with Gasteiger partial charge >= 0.3 is 6.18 Å². The first-order valence-electron chi connectivity index (χ1n) is 6.92. The monoisotopic (exact) mass is 300 g/mol. The van der Waals surface area contributed by atoms with Crippen molar-refractivity contribution >= 4 is 5.91 Å². The minimum atomic E-state index is -4.55. The lowest BCUT2D eigenvalue weighted by molar-refractivity contribution is -0.216. The van der Waals surface area contributed by atoms with Gasteiger partial charge in [0.25, 0.3) is 0 Å². The topological polar surface area (TPSA) is 41.1 Å². The number of hydrogen-bond acceptors (Lipinski definition) is 2. The lowest BCUT2D eigenvalue weighted by atomic mass is 9.84. The van der Waals surface area contributed by atoms with E-state index in [9.17, 15) is 18.0 Å². The molecule has 21 heavy (non-hydrogen) atoms. The van der Waals surface area contributed by atoms with Crippen LogP contribution >= 0.6 is 0 Å². The lowest BCUT2D eigenvalue weighted by Gasteiger charge is -2.31. The molecule has 0 spiro atoms. The number of rotatable bonds is 3. The highest BCUT2D eigenvalue weighted by Gasteiger charge is 2.61. The van der Waals surface area contributed by atoms with Gasteiger partial charge in [-0.15, -0.1) is 0 Å². The summed E-state index contributed by atoms with van der Waals surface area (Å²) in [6.45, 7) is 3.41. The molecular formula is C15H19F3N2O. The van der Waals surface area contributed by atoms with Crippen LogP contribution in [0.1, 0.15) is 30.5 Å². The Hall–Kier alpha value is -1.56. The molecule has 1 fully saturated rings. The minimum Gasteiger partial charge on any atom is -0.349 e. The summed E-state index contributed by atoms with van der Waals surface area (Å²) in [4.78, 5) is 12.2. The minimum absolute atomic E-state index is 0.200. The van der Waals surface area contributed by atoms with Gasteiger partial charge in [0.05, 0.1) is 6.04 Å². The largest absolute Gasteiger partial charge is 0.404 e. The van der Waals surface area contributed by atoms with E-state index in [1.165, 1.54) is 0 Å². The van der Waals surface area contributed by atoms with Crippen LogP contribution in [0.2, 0.25) is 0 Å². The first kappa shape index (κ1) is 15.8. The van der Waals surface area contributed by atoms with E-state index in [0.29, 0.717) is 0 Å². The Morgan fingerprint density at radius 2 is 2.05 bits per heavy atom. The number of benzene rings is 1. The summed E-state index contributed by atoms with van der Waals surface area (Å²) < 4.78 is 39.9. The predicted molar refractivity (Wildman–Crippen MR) is 73.7 cm³/mol. The van der Waals surface area contributed by atoms with E-state index in [4.69, 9.17) is 0 Å². The summed E-state index contributed by atoms with van der Waals surface area (Å²) in [6.07, 6.45) is -4.77. The van der Waals surface area contributed by atoms with Gasteiger partial charge in [0, 0.05) is 6.54 Å². The zero-order valence-electron chi connectivity index (χ0n) is 12.1. The SMILES string of the molecule is Cc1ccccc1[C@@H](C)NC(=O)C1(C(F)(F)F)CCNC1. The molecule has 0 aliphatic carbocycles. The van der Waals surface area contributed by atoms with Crippen LogP contribution in [0.5, 0.6) is 0 Å². The van der Waals surface area contributed by atoms with Crippen LogP contribution in [0.3, 0.4) is 0 Å². The van der Waals surface area contributed by atoms with Crippen LogP contribution < -0.4 is 10.6 Å². The number of hydrogen-bond donors (Lipinski definition) is 2. The second kappa shape index (κ2) is 5.67. The normalized spacial score (nSPS) is 23.9. The van der Waals surface area contributed by atoms with Crippen LogP contribution in [-0.4, -0.2) is 25.2 Å². The maximum absolute atomic E-state index is 13.3. The molecule has 116 valence electrons. The van der Waals surface area contributed by atoms with Gasteiger partial charge in [-0.25, -0.2) is 0 Å². The number of aryl methyl sites for hydroxylation is 1. The van der Waals surface area contributed by atoms with Gasteiger partial charge < -0.3 is 10.6 Å². The molecule has 2 atom stereocenters. The molecule has 0 bridgehead atoms. The summed E-state index contributed by atoms with van der Waals surface area (Å²) >= 11 is 0. The molecule has 1 aromatic carbocycles. The van der Waals surface area contributed by atoms with E-state index < -0.39 is 23.5 Å². The summed E-state index contributed by atoms with van der Waals surface area (Å²) in [5.74, 6) is -0.948. The standard InChI is InChI=1S/C15H19F3N2O/c1-10-5-3-4-6-12(10)11(2)20-13(21)14(15(16,17)18)7-8-19-9-14/h3-6,11,19H,7-9H2,1-2H3,(H,20,21)/t11-,14?/m1/s1. The van der Waals surface area contributed by atoms with Gasteiger partial charge in [-0.2, -0.15) is 13.2 Å². The van der Waals surface area contributed by atoms with Gasteiger partial charge in [0.1, 0.15) is 0 Å². The second-order valence-electron chi connectivity index (χ2n) is 5.56. The molecule has 2 rings (SSSR count). The molecule has 0 radical (unpaired) electrons. The molecule has 1 aliphatic heterocycles. The highest BCUT2D eigenvalue weighted by molar-refractivity contribution is 5.84. The molecule has 1 aromatic rings. The molecule has 0 saturated carbocycles. The predicted octanol–water partition coefficient (Wildman–Crippen LogP) is 2.71. The van der Waals surface area contributed by atoms with E-state index in [2.05, 4.69) is 10.6 Å². The number of halogens is 3. The Labute approximate surface area is 121 Å². The Morgan fingerprint density at radius 1 is 1.38 bits per heavy atom. The molecule has 1 amide bonds. The Morgan fingerprint density at radius 3 is 2.57 bits per heavy atom. The molecule has 2 N–H and O–H groups in total.